The Labute approximate surface area is 95.3 Å². The van der Waals surface area contributed by atoms with Crippen molar-refractivity contribution in [3.8, 4) is 5.75 Å². The third-order valence-electron chi connectivity index (χ3n) is 2.91. The third-order valence-corrected chi connectivity index (χ3v) is 2.91. The molecule has 0 heterocycles. The van der Waals surface area contributed by atoms with Gasteiger partial charge < -0.3 is 10.5 Å². The molecule has 0 amide bonds. The summed E-state index contributed by atoms with van der Waals surface area (Å²) in [5.74, 6) is -2.86. The maximum Gasteiger partial charge on any atom is 0.278 e. The summed E-state index contributed by atoms with van der Waals surface area (Å²) in [6, 6.07) is 3.70. The molecule has 1 atom stereocenters. The first-order chi connectivity index (χ1) is 7.82. The van der Waals surface area contributed by atoms with Gasteiger partial charge in [0.25, 0.3) is 11.6 Å². The first-order valence-electron chi connectivity index (χ1n) is 4.81. The highest BCUT2D eigenvalue weighted by molar-refractivity contribution is 5.53. The van der Waals surface area contributed by atoms with E-state index < -0.39 is 28.5 Å². The molecule has 2 rings (SSSR count). The number of benzene rings is 1. The van der Waals surface area contributed by atoms with Crippen molar-refractivity contribution in [3.63, 3.8) is 0 Å². The number of nitrogens with zero attached hydrogens (tertiary/aromatic N) is 1. The molecule has 1 fully saturated rings. The lowest BCUT2D eigenvalue weighted by Crippen LogP contribution is -2.28. The van der Waals surface area contributed by atoms with Gasteiger partial charge in [-0.05, 0) is 12.1 Å². The quantitative estimate of drug-likeness (QED) is 0.649. The number of halogens is 2. The SMILES string of the molecule is COc1ccc(C2(N)CC2(F)F)c([N+](=O)[O-])c1. The number of nitro groups is 1. The van der Waals surface area contributed by atoms with E-state index in [9.17, 15) is 18.9 Å². The fourth-order valence-corrected chi connectivity index (χ4v) is 1.76. The molecule has 7 heteroatoms. The Kier molecular flexibility index (Phi) is 2.32. The Morgan fingerprint density at radius 1 is 1.53 bits per heavy atom. The molecule has 92 valence electrons. The Morgan fingerprint density at radius 3 is 2.53 bits per heavy atom. The van der Waals surface area contributed by atoms with Crippen molar-refractivity contribution in [1.82, 2.24) is 0 Å². The molecule has 0 aliphatic heterocycles. The van der Waals surface area contributed by atoms with E-state index >= 15 is 0 Å². The smallest absolute Gasteiger partial charge is 0.278 e. The molecular weight excluding hydrogens is 234 g/mol. The summed E-state index contributed by atoms with van der Waals surface area (Å²) in [7, 11) is 1.34. The van der Waals surface area contributed by atoms with Crippen LogP contribution in [0.5, 0.6) is 5.75 Å². The molecule has 5 nitrogen and oxygen atoms in total. The molecular formula is C10H10F2N2O3. The molecule has 1 saturated carbocycles. The van der Waals surface area contributed by atoms with Gasteiger partial charge in [0, 0.05) is 6.42 Å². The molecule has 0 bridgehead atoms. The van der Waals surface area contributed by atoms with Crippen molar-refractivity contribution in [3.05, 3.63) is 33.9 Å². The molecule has 0 spiro atoms. The lowest BCUT2D eigenvalue weighted by molar-refractivity contribution is -0.386. The van der Waals surface area contributed by atoms with Crippen LogP contribution in [0.1, 0.15) is 12.0 Å². The van der Waals surface area contributed by atoms with E-state index in [2.05, 4.69) is 0 Å². The highest BCUT2D eigenvalue weighted by atomic mass is 19.3. The second-order valence-corrected chi connectivity index (χ2v) is 3.99. The minimum absolute atomic E-state index is 0.159. The van der Waals surface area contributed by atoms with Gasteiger partial charge in [-0.2, -0.15) is 0 Å². The fourth-order valence-electron chi connectivity index (χ4n) is 1.76. The summed E-state index contributed by atoms with van der Waals surface area (Å²) < 4.78 is 31.0. The second kappa shape index (κ2) is 3.36. The van der Waals surface area contributed by atoms with Crippen LogP contribution in [-0.2, 0) is 5.54 Å². The molecule has 1 aliphatic rings. The van der Waals surface area contributed by atoms with Crippen molar-refractivity contribution in [2.24, 2.45) is 5.73 Å². The number of methoxy groups -OCH3 is 1. The predicted molar refractivity (Wildman–Crippen MR) is 55.1 cm³/mol. The number of hydrogen-bond donors (Lipinski definition) is 1. The van der Waals surface area contributed by atoms with E-state index in [1.165, 1.54) is 19.2 Å². The molecule has 0 saturated heterocycles. The molecule has 17 heavy (non-hydrogen) atoms. The van der Waals surface area contributed by atoms with Gasteiger partial charge in [-0.3, -0.25) is 10.1 Å². The van der Waals surface area contributed by atoms with Crippen LogP contribution in [0.4, 0.5) is 14.5 Å². The Morgan fingerprint density at radius 2 is 2.12 bits per heavy atom. The Balaban J connectivity index is 2.52. The van der Waals surface area contributed by atoms with Crippen LogP contribution in [0.25, 0.3) is 0 Å². The zero-order chi connectivity index (χ0) is 12.8. The van der Waals surface area contributed by atoms with E-state index in [4.69, 9.17) is 10.5 Å². The van der Waals surface area contributed by atoms with Crippen LogP contribution < -0.4 is 10.5 Å². The van der Waals surface area contributed by atoms with E-state index in [0.717, 1.165) is 6.07 Å². The molecule has 0 aromatic heterocycles. The molecule has 1 aromatic rings. The summed E-state index contributed by atoms with van der Waals surface area (Å²) in [5, 5.41) is 10.8. The lowest BCUT2D eigenvalue weighted by Gasteiger charge is -2.11. The second-order valence-electron chi connectivity index (χ2n) is 3.99. The van der Waals surface area contributed by atoms with Crippen molar-refractivity contribution < 1.29 is 18.4 Å². The van der Waals surface area contributed by atoms with E-state index in [1.807, 2.05) is 0 Å². The van der Waals surface area contributed by atoms with Gasteiger partial charge in [-0.15, -0.1) is 0 Å². The van der Waals surface area contributed by atoms with Gasteiger partial charge in [-0.1, -0.05) is 0 Å². The van der Waals surface area contributed by atoms with Crippen molar-refractivity contribution >= 4 is 5.69 Å². The fraction of sp³-hybridized carbons (Fsp3) is 0.400. The van der Waals surface area contributed by atoms with Crippen molar-refractivity contribution in [2.75, 3.05) is 7.11 Å². The third kappa shape index (κ3) is 1.62. The van der Waals surface area contributed by atoms with E-state index in [-0.39, 0.29) is 11.3 Å². The predicted octanol–water partition coefficient (Wildman–Crippen LogP) is 1.80. The van der Waals surface area contributed by atoms with Crippen LogP contribution in [0.15, 0.2) is 18.2 Å². The van der Waals surface area contributed by atoms with E-state index in [0.29, 0.717) is 0 Å². The maximum absolute atomic E-state index is 13.1. The summed E-state index contributed by atoms with van der Waals surface area (Å²) >= 11 is 0. The van der Waals surface area contributed by atoms with Gasteiger partial charge >= 0.3 is 0 Å². The molecule has 2 N–H and O–H groups in total. The number of alkyl halides is 2. The Hall–Kier alpha value is -1.76. The summed E-state index contributed by atoms with van der Waals surface area (Å²) in [6.45, 7) is 0. The van der Waals surface area contributed by atoms with Gasteiger partial charge in [-0.25, -0.2) is 8.78 Å². The van der Waals surface area contributed by atoms with Crippen LogP contribution in [0.2, 0.25) is 0 Å². The molecule has 1 aliphatic carbocycles. The molecule has 1 aromatic carbocycles. The number of nitrogens with two attached hydrogens (primary N) is 1. The normalized spacial score (nSPS) is 25.4. The number of rotatable bonds is 3. The van der Waals surface area contributed by atoms with Crippen molar-refractivity contribution in [1.29, 1.82) is 0 Å². The molecule has 0 radical (unpaired) electrons. The van der Waals surface area contributed by atoms with Gasteiger partial charge in [0.15, 0.2) is 0 Å². The highest BCUT2D eigenvalue weighted by Gasteiger charge is 2.71. The van der Waals surface area contributed by atoms with Crippen LogP contribution in [0, 0.1) is 10.1 Å². The number of hydrogen-bond acceptors (Lipinski definition) is 4. The van der Waals surface area contributed by atoms with Crippen LogP contribution >= 0.6 is 0 Å². The molecule has 1 unspecified atom stereocenters. The first-order valence-corrected chi connectivity index (χ1v) is 4.81. The van der Waals surface area contributed by atoms with Gasteiger partial charge in [0.1, 0.15) is 11.3 Å². The standard InChI is InChI=1S/C10H10F2N2O3/c1-17-6-2-3-7(8(4-6)14(15)16)9(13)5-10(9,11)12/h2-4H,5,13H2,1H3. The van der Waals surface area contributed by atoms with Crippen LogP contribution in [-0.4, -0.2) is 18.0 Å². The average Bonchev–Trinajstić information content (AvgIpc) is 2.78. The summed E-state index contributed by atoms with van der Waals surface area (Å²) in [6.07, 6.45) is -0.576. The van der Waals surface area contributed by atoms with Crippen molar-refractivity contribution in [2.45, 2.75) is 17.9 Å². The lowest BCUT2D eigenvalue weighted by atomic mass is 10.0. The average molecular weight is 244 g/mol. The first kappa shape index (κ1) is 11.7. The van der Waals surface area contributed by atoms with Gasteiger partial charge in [0.05, 0.1) is 23.7 Å². The number of nitro benzene ring substituents is 1. The van der Waals surface area contributed by atoms with Gasteiger partial charge in [0.2, 0.25) is 0 Å². The minimum atomic E-state index is -3.09. The van der Waals surface area contributed by atoms with E-state index in [1.54, 1.807) is 0 Å². The maximum atomic E-state index is 13.1. The summed E-state index contributed by atoms with van der Waals surface area (Å²) in [5.41, 5.74) is 2.95. The zero-order valence-corrected chi connectivity index (χ0v) is 8.94. The number of ether oxygens (including phenoxy) is 1. The highest BCUT2D eigenvalue weighted by Crippen LogP contribution is 2.59. The monoisotopic (exact) mass is 244 g/mol. The summed E-state index contributed by atoms with van der Waals surface area (Å²) in [4.78, 5) is 10.1. The Bertz CT molecular complexity index is 492. The topological polar surface area (TPSA) is 78.4 Å². The van der Waals surface area contributed by atoms with Crippen LogP contribution in [0.3, 0.4) is 0 Å². The largest absolute Gasteiger partial charge is 0.497 e. The zero-order valence-electron chi connectivity index (χ0n) is 8.94. The minimum Gasteiger partial charge on any atom is -0.497 e.